The fraction of sp³-hybridized carbons (Fsp3) is 0.875. The van der Waals surface area contributed by atoms with E-state index in [9.17, 15) is 0 Å². The van der Waals surface area contributed by atoms with Crippen molar-refractivity contribution in [3.63, 3.8) is 0 Å². The summed E-state index contributed by atoms with van der Waals surface area (Å²) >= 11 is 0. The minimum absolute atomic E-state index is 0.500. The summed E-state index contributed by atoms with van der Waals surface area (Å²) < 4.78 is 0. The Kier molecular flexibility index (Phi) is 5.86. The molecule has 0 heterocycles. The Labute approximate surface area is 68.0 Å². The zero-order valence-electron chi connectivity index (χ0n) is 7.88. The molecule has 0 fully saturated rings. The summed E-state index contributed by atoms with van der Waals surface area (Å²) in [7, 11) is 0. The summed E-state index contributed by atoms with van der Waals surface area (Å²) in [6.45, 7) is 11.3. The van der Waals surface area contributed by atoms with Crippen LogP contribution in [0, 0.1) is 11.3 Å². The maximum absolute atomic E-state index is 8.56. The fourth-order valence-electron chi connectivity index (χ4n) is 0. The number of hydrogen-bond donors (Lipinski definition) is 2. The lowest BCUT2D eigenvalue weighted by Gasteiger charge is -2.22. The standard InChI is InChI=1S/C7H16.CH2O3/c1-6(2)7(3,4)5;2-1(3)4/h6H,1-5H3;(H2,2,3,4). The normalized spacial score (nSPS) is 10.4. The third-order valence-corrected chi connectivity index (χ3v) is 1.73. The minimum Gasteiger partial charge on any atom is -0.450 e. The molecule has 3 heteroatoms. The van der Waals surface area contributed by atoms with Crippen LogP contribution in [0.1, 0.15) is 34.6 Å². The molecule has 0 rings (SSSR count). The molecule has 68 valence electrons. The molecule has 0 unspecified atom stereocenters. The summed E-state index contributed by atoms with van der Waals surface area (Å²) in [5.74, 6) is 0.799. The number of carboxylic acid groups (broad SMARTS) is 2. The van der Waals surface area contributed by atoms with Crippen LogP contribution < -0.4 is 0 Å². The zero-order valence-corrected chi connectivity index (χ0v) is 7.88. The van der Waals surface area contributed by atoms with Crippen molar-refractivity contribution in [3.8, 4) is 0 Å². The highest BCUT2D eigenvalue weighted by Crippen LogP contribution is 2.23. The van der Waals surface area contributed by atoms with Gasteiger partial charge in [-0.2, -0.15) is 0 Å². The van der Waals surface area contributed by atoms with E-state index in [-0.39, 0.29) is 0 Å². The minimum atomic E-state index is -1.83. The topological polar surface area (TPSA) is 57.5 Å². The van der Waals surface area contributed by atoms with Crippen LogP contribution in [0.25, 0.3) is 0 Å². The first-order chi connectivity index (χ1) is 4.68. The molecule has 3 nitrogen and oxygen atoms in total. The summed E-state index contributed by atoms with van der Waals surface area (Å²) in [6, 6.07) is 0. The van der Waals surface area contributed by atoms with E-state index in [0.29, 0.717) is 5.41 Å². The lowest BCUT2D eigenvalue weighted by Crippen LogP contribution is -2.12. The van der Waals surface area contributed by atoms with E-state index in [0.717, 1.165) is 5.92 Å². The second-order valence-electron chi connectivity index (χ2n) is 3.80. The molecule has 2 N–H and O–H groups in total. The number of rotatable bonds is 0. The van der Waals surface area contributed by atoms with Crippen LogP contribution in [0.4, 0.5) is 4.79 Å². The molecule has 0 saturated carbocycles. The predicted molar refractivity (Wildman–Crippen MR) is 44.9 cm³/mol. The summed E-state index contributed by atoms with van der Waals surface area (Å²) in [5.41, 5.74) is 0.500. The van der Waals surface area contributed by atoms with Crippen molar-refractivity contribution >= 4 is 6.16 Å². The van der Waals surface area contributed by atoms with E-state index in [1.165, 1.54) is 0 Å². The van der Waals surface area contributed by atoms with Gasteiger partial charge in [0.1, 0.15) is 0 Å². The van der Waals surface area contributed by atoms with E-state index < -0.39 is 6.16 Å². The predicted octanol–water partition coefficient (Wildman–Crippen LogP) is 2.91. The van der Waals surface area contributed by atoms with E-state index >= 15 is 0 Å². The van der Waals surface area contributed by atoms with Crippen molar-refractivity contribution < 1.29 is 15.0 Å². The quantitative estimate of drug-likeness (QED) is 0.575. The Morgan fingerprint density at radius 3 is 1.27 bits per heavy atom. The molecule has 0 aliphatic rings. The lowest BCUT2D eigenvalue weighted by atomic mass is 9.84. The monoisotopic (exact) mass is 162 g/mol. The first kappa shape index (κ1) is 12.9. The van der Waals surface area contributed by atoms with Crippen LogP contribution in [0.3, 0.4) is 0 Å². The smallest absolute Gasteiger partial charge is 0.450 e. The van der Waals surface area contributed by atoms with Gasteiger partial charge in [0.05, 0.1) is 0 Å². The molecular weight excluding hydrogens is 144 g/mol. The van der Waals surface area contributed by atoms with Crippen LogP contribution in [-0.4, -0.2) is 16.4 Å². The lowest BCUT2D eigenvalue weighted by molar-refractivity contribution is 0.137. The number of hydrogen-bond acceptors (Lipinski definition) is 1. The first-order valence-corrected chi connectivity index (χ1v) is 3.59. The van der Waals surface area contributed by atoms with Gasteiger partial charge in [0.25, 0.3) is 0 Å². The largest absolute Gasteiger partial charge is 0.503 e. The van der Waals surface area contributed by atoms with Crippen LogP contribution in [-0.2, 0) is 0 Å². The van der Waals surface area contributed by atoms with Crippen LogP contribution in [0.2, 0.25) is 0 Å². The van der Waals surface area contributed by atoms with Gasteiger partial charge in [0.15, 0.2) is 0 Å². The summed E-state index contributed by atoms with van der Waals surface area (Å²) in [4.78, 5) is 8.56. The van der Waals surface area contributed by atoms with Gasteiger partial charge in [-0.15, -0.1) is 0 Å². The molecular formula is C8H18O3. The van der Waals surface area contributed by atoms with Crippen molar-refractivity contribution in [1.29, 1.82) is 0 Å². The van der Waals surface area contributed by atoms with Crippen molar-refractivity contribution in [1.82, 2.24) is 0 Å². The maximum atomic E-state index is 8.56. The highest BCUT2D eigenvalue weighted by Gasteiger charge is 2.13. The molecule has 0 aromatic carbocycles. The van der Waals surface area contributed by atoms with Gasteiger partial charge in [-0.05, 0) is 11.3 Å². The average molecular weight is 162 g/mol. The van der Waals surface area contributed by atoms with Crippen molar-refractivity contribution in [3.05, 3.63) is 0 Å². The van der Waals surface area contributed by atoms with Crippen LogP contribution in [0.5, 0.6) is 0 Å². The van der Waals surface area contributed by atoms with Gasteiger partial charge in [-0.25, -0.2) is 4.79 Å². The van der Waals surface area contributed by atoms with Crippen LogP contribution >= 0.6 is 0 Å². The first-order valence-electron chi connectivity index (χ1n) is 3.59. The van der Waals surface area contributed by atoms with E-state index in [1.54, 1.807) is 0 Å². The Balaban J connectivity index is 0. The Hall–Kier alpha value is -0.730. The zero-order chi connectivity index (χ0) is 9.65. The van der Waals surface area contributed by atoms with Crippen molar-refractivity contribution in [2.24, 2.45) is 11.3 Å². The molecule has 0 aliphatic heterocycles. The summed E-state index contributed by atoms with van der Waals surface area (Å²) in [6.07, 6.45) is -1.83. The van der Waals surface area contributed by atoms with E-state index in [2.05, 4.69) is 34.6 Å². The molecule has 0 saturated heterocycles. The molecule has 0 aromatic heterocycles. The SMILES string of the molecule is CC(C)C(C)(C)C.O=C(O)O. The molecule has 0 radical (unpaired) electrons. The van der Waals surface area contributed by atoms with Gasteiger partial charge in [0.2, 0.25) is 0 Å². The van der Waals surface area contributed by atoms with E-state index in [1.807, 2.05) is 0 Å². The van der Waals surface area contributed by atoms with Gasteiger partial charge >= 0.3 is 6.16 Å². The Morgan fingerprint density at radius 1 is 1.18 bits per heavy atom. The van der Waals surface area contributed by atoms with Gasteiger partial charge in [-0.3, -0.25) is 0 Å². The molecule has 0 bridgehead atoms. The summed E-state index contributed by atoms with van der Waals surface area (Å²) in [5, 5.41) is 13.9. The molecule has 0 amide bonds. The second-order valence-corrected chi connectivity index (χ2v) is 3.80. The fourth-order valence-corrected chi connectivity index (χ4v) is 0. The highest BCUT2D eigenvalue weighted by molar-refractivity contribution is 5.53. The maximum Gasteiger partial charge on any atom is 0.503 e. The molecule has 0 aromatic rings. The van der Waals surface area contributed by atoms with Crippen molar-refractivity contribution in [2.45, 2.75) is 34.6 Å². The average Bonchev–Trinajstić information content (AvgIpc) is 1.59. The Bertz CT molecular complexity index is 107. The van der Waals surface area contributed by atoms with Gasteiger partial charge < -0.3 is 10.2 Å². The number of carbonyl (C=O) groups is 1. The third kappa shape index (κ3) is 17.6. The molecule has 0 spiro atoms. The molecule has 0 aliphatic carbocycles. The van der Waals surface area contributed by atoms with Gasteiger partial charge in [0, 0.05) is 0 Å². The molecule has 0 atom stereocenters. The van der Waals surface area contributed by atoms with Gasteiger partial charge in [-0.1, -0.05) is 34.6 Å². The Morgan fingerprint density at radius 2 is 1.27 bits per heavy atom. The van der Waals surface area contributed by atoms with Crippen molar-refractivity contribution in [2.75, 3.05) is 0 Å². The second kappa shape index (κ2) is 4.99. The molecule has 11 heavy (non-hydrogen) atoms. The van der Waals surface area contributed by atoms with E-state index in [4.69, 9.17) is 15.0 Å². The third-order valence-electron chi connectivity index (χ3n) is 1.73. The van der Waals surface area contributed by atoms with Crippen LogP contribution in [0.15, 0.2) is 0 Å². The highest BCUT2D eigenvalue weighted by atomic mass is 16.6.